The van der Waals surface area contributed by atoms with E-state index in [9.17, 15) is 9.59 Å². The standard InChI is InChI=1S/C21H24N2O2/c1-12-9-14(3)19(15(4)10-12)23-20(24)16-5-7-17(8-6-16)22-21(25)18-11-13(18)2/h5-10,13,18H,11H2,1-4H3,(H,22,25)(H,23,24). The highest BCUT2D eigenvalue weighted by Gasteiger charge is 2.39. The summed E-state index contributed by atoms with van der Waals surface area (Å²) in [5, 5.41) is 5.89. The van der Waals surface area contributed by atoms with Crippen LogP contribution in [-0.2, 0) is 4.79 Å². The summed E-state index contributed by atoms with van der Waals surface area (Å²) in [7, 11) is 0. The van der Waals surface area contributed by atoms with Gasteiger partial charge in [0.25, 0.3) is 5.91 Å². The summed E-state index contributed by atoms with van der Waals surface area (Å²) in [6.07, 6.45) is 0.960. The van der Waals surface area contributed by atoms with E-state index in [-0.39, 0.29) is 17.7 Å². The largest absolute Gasteiger partial charge is 0.326 e. The van der Waals surface area contributed by atoms with Crippen LogP contribution in [0.3, 0.4) is 0 Å². The van der Waals surface area contributed by atoms with Gasteiger partial charge in [-0.2, -0.15) is 0 Å². The summed E-state index contributed by atoms with van der Waals surface area (Å²) < 4.78 is 0. The van der Waals surface area contributed by atoms with Crippen LogP contribution in [0, 0.1) is 32.6 Å². The molecule has 2 aromatic rings. The van der Waals surface area contributed by atoms with E-state index < -0.39 is 0 Å². The number of benzene rings is 2. The molecule has 0 radical (unpaired) electrons. The zero-order chi connectivity index (χ0) is 18.1. The molecule has 1 fully saturated rings. The van der Waals surface area contributed by atoms with Crippen LogP contribution in [0.2, 0.25) is 0 Å². The van der Waals surface area contributed by atoms with Gasteiger partial charge in [0.1, 0.15) is 0 Å². The zero-order valence-corrected chi connectivity index (χ0v) is 15.1. The van der Waals surface area contributed by atoms with E-state index in [2.05, 4.69) is 29.7 Å². The van der Waals surface area contributed by atoms with Gasteiger partial charge in [-0.25, -0.2) is 0 Å². The Morgan fingerprint density at radius 3 is 2.04 bits per heavy atom. The fraction of sp³-hybridized carbons (Fsp3) is 0.333. The molecule has 2 aromatic carbocycles. The zero-order valence-electron chi connectivity index (χ0n) is 15.1. The number of rotatable bonds is 4. The first-order valence-electron chi connectivity index (χ1n) is 8.65. The van der Waals surface area contributed by atoms with Gasteiger partial charge in [-0.15, -0.1) is 0 Å². The van der Waals surface area contributed by atoms with Crippen molar-refractivity contribution in [2.45, 2.75) is 34.1 Å². The Kier molecular flexibility index (Phi) is 4.62. The highest BCUT2D eigenvalue weighted by molar-refractivity contribution is 6.05. The van der Waals surface area contributed by atoms with Gasteiger partial charge in [-0.05, 0) is 68.5 Å². The molecule has 2 unspecified atom stereocenters. The second-order valence-corrected chi connectivity index (χ2v) is 7.11. The molecule has 0 heterocycles. The Hall–Kier alpha value is -2.62. The Bertz CT molecular complexity index is 801. The van der Waals surface area contributed by atoms with E-state index in [0.29, 0.717) is 11.5 Å². The molecule has 0 aliphatic heterocycles. The summed E-state index contributed by atoms with van der Waals surface area (Å²) in [6.45, 7) is 8.11. The van der Waals surface area contributed by atoms with Crippen molar-refractivity contribution in [3.05, 3.63) is 58.7 Å². The van der Waals surface area contributed by atoms with Gasteiger partial charge in [-0.3, -0.25) is 9.59 Å². The fourth-order valence-electron chi connectivity index (χ4n) is 3.19. The molecule has 0 bridgehead atoms. The molecule has 130 valence electrons. The molecule has 3 rings (SSSR count). The minimum atomic E-state index is -0.149. The van der Waals surface area contributed by atoms with Crippen molar-refractivity contribution in [3.63, 3.8) is 0 Å². The molecule has 2 amide bonds. The number of anilines is 2. The average molecular weight is 336 g/mol. The molecule has 2 N–H and O–H groups in total. The van der Waals surface area contributed by atoms with Crippen LogP contribution in [0.4, 0.5) is 11.4 Å². The minimum absolute atomic E-state index is 0.0654. The molecule has 1 aliphatic rings. The van der Waals surface area contributed by atoms with E-state index in [0.717, 1.165) is 28.9 Å². The molecular formula is C21H24N2O2. The van der Waals surface area contributed by atoms with Crippen molar-refractivity contribution in [3.8, 4) is 0 Å². The van der Waals surface area contributed by atoms with Crippen molar-refractivity contribution in [1.29, 1.82) is 0 Å². The quantitative estimate of drug-likeness (QED) is 0.866. The van der Waals surface area contributed by atoms with Gasteiger partial charge >= 0.3 is 0 Å². The second-order valence-electron chi connectivity index (χ2n) is 7.11. The van der Waals surface area contributed by atoms with Gasteiger partial charge in [0.05, 0.1) is 0 Å². The lowest BCUT2D eigenvalue weighted by atomic mass is 10.0. The number of hydrogen-bond donors (Lipinski definition) is 2. The van der Waals surface area contributed by atoms with Gasteiger partial charge < -0.3 is 10.6 Å². The highest BCUT2D eigenvalue weighted by atomic mass is 16.2. The number of carbonyl (C=O) groups is 2. The number of amides is 2. The Labute approximate surface area is 148 Å². The number of aryl methyl sites for hydroxylation is 3. The monoisotopic (exact) mass is 336 g/mol. The molecule has 1 saturated carbocycles. The maximum atomic E-state index is 12.5. The SMILES string of the molecule is Cc1cc(C)c(NC(=O)c2ccc(NC(=O)C3CC3C)cc2)c(C)c1. The summed E-state index contributed by atoms with van der Waals surface area (Å²) >= 11 is 0. The van der Waals surface area contributed by atoms with Crippen LogP contribution >= 0.6 is 0 Å². The Balaban J connectivity index is 1.68. The third kappa shape index (κ3) is 3.90. The molecule has 4 nitrogen and oxygen atoms in total. The molecular weight excluding hydrogens is 312 g/mol. The fourth-order valence-corrected chi connectivity index (χ4v) is 3.19. The number of carbonyl (C=O) groups excluding carboxylic acids is 2. The van der Waals surface area contributed by atoms with Crippen molar-refractivity contribution in [2.75, 3.05) is 10.6 Å². The summed E-state index contributed by atoms with van der Waals surface area (Å²) in [5.41, 5.74) is 5.43. The first kappa shape index (κ1) is 17.2. The van der Waals surface area contributed by atoms with Gasteiger partial charge in [-0.1, -0.05) is 24.6 Å². The predicted molar refractivity (Wildman–Crippen MR) is 101 cm³/mol. The van der Waals surface area contributed by atoms with Crippen molar-refractivity contribution >= 4 is 23.2 Å². The summed E-state index contributed by atoms with van der Waals surface area (Å²) in [4.78, 5) is 24.5. The van der Waals surface area contributed by atoms with E-state index in [1.165, 1.54) is 5.56 Å². The van der Waals surface area contributed by atoms with Crippen LogP contribution in [0.5, 0.6) is 0 Å². The third-order valence-electron chi connectivity index (χ3n) is 4.78. The lowest BCUT2D eigenvalue weighted by Gasteiger charge is -2.13. The first-order valence-corrected chi connectivity index (χ1v) is 8.65. The Morgan fingerprint density at radius 2 is 1.52 bits per heavy atom. The van der Waals surface area contributed by atoms with E-state index in [4.69, 9.17) is 0 Å². The van der Waals surface area contributed by atoms with Crippen LogP contribution in [0.1, 0.15) is 40.4 Å². The third-order valence-corrected chi connectivity index (χ3v) is 4.78. The predicted octanol–water partition coefficient (Wildman–Crippen LogP) is 4.46. The van der Waals surface area contributed by atoms with E-state index in [1.807, 2.05) is 20.8 Å². The molecule has 4 heteroatoms. The number of hydrogen-bond acceptors (Lipinski definition) is 2. The maximum Gasteiger partial charge on any atom is 0.255 e. The maximum absolute atomic E-state index is 12.5. The summed E-state index contributed by atoms with van der Waals surface area (Å²) in [6, 6.07) is 11.1. The van der Waals surface area contributed by atoms with E-state index in [1.54, 1.807) is 24.3 Å². The number of nitrogens with one attached hydrogen (secondary N) is 2. The molecule has 0 aromatic heterocycles. The molecule has 0 saturated heterocycles. The first-order chi connectivity index (χ1) is 11.8. The van der Waals surface area contributed by atoms with Crippen LogP contribution in [0.25, 0.3) is 0 Å². The molecule has 25 heavy (non-hydrogen) atoms. The smallest absolute Gasteiger partial charge is 0.255 e. The van der Waals surface area contributed by atoms with E-state index >= 15 is 0 Å². The molecule has 0 spiro atoms. The van der Waals surface area contributed by atoms with Crippen molar-refractivity contribution < 1.29 is 9.59 Å². The highest BCUT2D eigenvalue weighted by Crippen LogP contribution is 2.38. The van der Waals surface area contributed by atoms with Gasteiger partial charge in [0.15, 0.2) is 0 Å². The lowest BCUT2D eigenvalue weighted by Crippen LogP contribution is -2.16. The Morgan fingerprint density at radius 1 is 0.960 bits per heavy atom. The summed E-state index contributed by atoms with van der Waals surface area (Å²) in [5.74, 6) is 0.529. The van der Waals surface area contributed by atoms with Gasteiger partial charge in [0, 0.05) is 22.9 Å². The molecule has 2 atom stereocenters. The normalized spacial score (nSPS) is 18.6. The second kappa shape index (κ2) is 6.71. The van der Waals surface area contributed by atoms with Gasteiger partial charge in [0.2, 0.25) is 5.91 Å². The average Bonchev–Trinajstić information content (AvgIpc) is 3.28. The van der Waals surface area contributed by atoms with Crippen LogP contribution in [0.15, 0.2) is 36.4 Å². The minimum Gasteiger partial charge on any atom is -0.326 e. The van der Waals surface area contributed by atoms with Crippen molar-refractivity contribution in [1.82, 2.24) is 0 Å². The van der Waals surface area contributed by atoms with Crippen molar-refractivity contribution in [2.24, 2.45) is 11.8 Å². The molecule has 1 aliphatic carbocycles. The topological polar surface area (TPSA) is 58.2 Å². The van der Waals surface area contributed by atoms with Crippen LogP contribution < -0.4 is 10.6 Å². The van der Waals surface area contributed by atoms with Crippen LogP contribution in [-0.4, -0.2) is 11.8 Å². The lowest BCUT2D eigenvalue weighted by molar-refractivity contribution is -0.117.